The number of aryl methyl sites for hydroxylation is 3. The summed E-state index contributed by atoms with van der Waals surface area (Å²) in [7, 11) is 0. The van der Waals surface area contributed by atoms with Crippen molar-refractivity contribution in [3.05, 3.63) is 47.0 Å². The Morgan fingerprint density at radius 2 is 1.48 bits per heavy atom. The average molecular weight is 371 g/mol. The number of aromatic hydroxyl groups is 2. The Bertz CT molecular complexity index is 816. The summed E-state index contributed by atoms with van der Waals surface area (Å²) in [5.74, 6) is -1.09. The lowest BCUT2D eigenvalue weighted by atomic mass is 10.0. The first kappa shape index (κ1) is 20.3. The fraction of sp³-hybridized carbons (Fsp3) is 0.333. The first-order valence-electron chi connectivity index (χ1n) is 8.82. The molecule has 144 valence electrons. The number of anilines is 2. The molecule has 0 atom stereocenters. The van der Waals surface area contributed by atoms with Gasteiger partial charge >= 0.3 is 5.97 Å². The number of phenolic OH excluding ortho intramolecular Hbond substituents is 2. The first-order valence-corrected chi connectivity index (χ1v) is 8.82. The minimum absolute atomic E-state index is 0.0437. The van der Waals surface area contributed by atoms with E-state index in [1.165, 1.54) is 23.1 Å². The normalized spacial score (nSPS) is 10.5. The number of carbonyl (C=O) groups excluding carboxylic acids is 2. The van der Waals surface area contributed by atoms with Crippen molar-refractivity contribution in [1.29, 1.82) is 0 Å². The second kappa shape index (κ2) is 8.58. The van der Waals surface area contributed by atoms with Crippen LogP contribution in [0.1, 0.15) is 36.5 Å². The monoisotopic (exact) mass is 371 g/mol. The number of rotatable bonds is 6. The van der Waals surface area contributed by atoms with E-state index in [0.717, 1.165) is 16.7 Å². The van der Waals surface area contributed by atoms with Gasteiger partial charge in [0.05, 0.1) is 24.4 Å². The summed E-state index contributed by atoms with van der Waals surface area (Å²) in [5.41, 5.74) is 3.81. The number of phenols is 2. The van der Waals surface area contributed by atoms with Crippen LogP contribution >= 0.6 is 0 Å². The highest BCUT2D eigenvalue weighted by Crippen LogP contribution is 2.36. The third kappa shape index (κ3) is 5.00. The van der Waals surface area contributed by atoms with Crippen molar-refractivity contribution in [2.75, 3.05) is 11.5 Å². The van der Waals surface area contributed by atoms with Crippen LogP contribution in [0.2, 0.25) is 0 Å². The topological polar surface area (TPSA) is 87.1 Å². The van der Waals surface area contributed by atoms with Crippen LogP contribution in [0.25, 0.3) is 0 Å². The maximum atomic E-state index is 13.0. The lowest BCUT2D eigenvalue weighted by molar-refractivity contribution is -0.144. The molecule has 27 heavy (non-hydrogen) atoms. The third-order valence-corrected chi connectivity index (χ3v) is 4.10. The summed E-state index contributed by atoms with van der Waals surface area (Å²) in [6, 6.07) is 7.91. The molecule has 2 N–H and O–H groups in total. The van der Waals surface area contributed by atoms with Crippen molar-refractivity contribution >= 4 is 23.3 Å². The predicted octanol–water partition coefficient (Wildman–Crippen LogP) is 4.03. The molecule has 0 spiro atoms. The van der Waals surface area contributed by atoms with Crippen LogP contribution in [0, 0.1) is 20.8 Å². The highest BCUT2D eigenvalue weighted by atomic mass is 16.5. The molecule has 6 nitrogen and oxygen atoms in total. The molecule has 0 aliphatic rings. The molecule has 0 unspecified atom stereocenters. The zero-order chi connectivity index (χ0) is 20.1. The van der Waals surface area contributed by atoms with Crippen LogP contribution in [-0.4, -0.2) is 28.7 Å². The zero-order valence-electron chi connectivity index (χ0n) is 16.1. The van der Waals surface area contributed by atoms with Gasteiger partial charge in [-0.25, -0.2) is 0 Å². The lowest BCUT2D eigenvalue weighted by Gasteiger charge is -2.27. The first-order chi connectivity index (χ1) is 12.7. The molecule has 0 saturated carbocycles. The van der Waals surface area contributed by atoms with Gasteiger partial charge < -0.3 is 14.9 Å². The van der Waals surface area contributed by atoms with Gasteiger partial charge in [-0.05, 0) is 38.8 Å². The Morgan fingerprint density at radius 1 is 0.926 bits per heavy atom. The molecular weight excluding hydrogens is 346 g/mol. The van der Waals surface area contributed by atoms with Crippen molar-refractivity contribution in [3.8, 4) is 11.5 Å². The van der Waals surface area contributed by atoms with Gasteiger partial charge in [0, 0.05) is 24.6 Å². The van der Waals surface area contributed by atoms with Crippen LogP contribution in [0.15, 0.2) is 30.3 Å². The van der Waals surface area contributed by atoms with Gasteiger partial charge in [0.25, 0.3) is 0 Å². The van der Waals surface area contributed by atoms with E-state index in [1.807, 2.05) is 32.9 Å². The Balaban J connectivity index is 2.49. The number of amides is 1. The van der Waals surface area contributed by atoms with E-state index in [-0.39, 0.29) is 36.9 Å². The number of carbonyl (C=O) groups is 2. The van der Waals surface area contributed by atoms with E-state index in [9.17, 15) is 19.8 Å². The summed E-state index contributed by atoms with van der Waals surface area (Å²) in [4.78, 5) is 26.1. The van der Waals surface area contributed by atoms with Gasteiger partial charge in [-0.15, -0.1) is 0 Å². The number of benzene rings is 2. The summed E-state index contributed by atoms with van der Waals surface area (Å²) in [6.07, 6.45) is -0.0973. The highest BCUT2D eigenvalue weighted by Gasteiger charge is 2.23. The Hall–Kier alpha value is -3.02. The maximum Gasteiger partial charge on any atom is 0.306 e. The van der Waals surface area contributed by atoms with Crippen molar-refractivity contribution in [2.24, 2.45) is 0 Å². The summed E-state index contributed by atoms with van der Waals surface area (Å²) in [5, 5.41) is 19.7. The molecule has 0 aromatic heterocycles. The summed E-state index contributed by atoms with van der Waals surface area (Å²) < 4.78 is 4.90. The summed E-state index contributed by atoms with van der Waals surface area (Å²) >= 11 is 0. The van der Waals surface area contributed by atoms with Crippen molar-refractivity contribution in [3.63, 3.8) is 0 Å². The van der Waals surface area contributed by atoms with Gasteiger partial charge in [-0.3, -0.25) is 14.5 Å². The van der Waals surface area contributed by atoms with E-state index in [0.29, 0.717) is 11.4 Å². The highest BCUT2D eigenvalue weighted by molar-refractivity contribution is 6.03. The van der Waals surface area contributed by atoms with Crippen LogP contribution < -0.4 is 4.90 Å². The smallest absolute Gasteiger partial charge is 0.306 e. The summed E-state index contributed by atoms with van der Waals surface area (Å²) in [6.45, 7) is 7.72. The van der Waals surface area contributed by atoms with Crippen molar-refractivity contribution in [1.82, 2.24) is 0 Å². The average Bonchev–Trinajstić information content (AvgIpc) is 2.55. The van der Waals surface area contributed by atoms with E-state index in [4.69, 9.17) is 4.74 Å². The van der Waals surface area contributed by atoms with Crippen LogP contribution in [0.3, 0.4) is 0 Å². The third-order valence-electron chi connectivity index (χ3n) is 4.10. The molecule has 0 saturated heterocycles. The van der Waals surface area contributed by atoms with Gasteiger partial charge in [-0.2, -0.15) is 0 Å². The molecule has 0 fully saturated rings. The van der Waals surface area contributed by atoms with Crippen LogP contribution in [-0.2, 0) is 14.3 Å². The molecule has 6 heteroatoms. The Kier molecular flexibility index (Phi) is 6.45. The molecule has 0 aliphatic carbocycles. The molecule has 0 aliphatic heterocycles. The molecule has 0 bridgehead atoms. The fourth-order valence-electron chi connectivity index (χ4n) is 3.19. The minimum Gasteiger partial charge on any atom is -0.508 e. The maximum absolute atomic E-state index is 13.0. The number of hydrogen-bond acceptors (Lipinski definition) is 5. The largest absolute Gasteiger partial charge is 0.508 e. The number of ether oxygens (including phenoxy) is 1. The Morgan fingerprint density at radius 3 is 2.00 bits per heavy atom. The van der Waals surface area contributed by atoms with Crippen molar-refractivity contribution in [2.45, 2.75) is 40.5 Å². The second-order valence-electron chi connectivity index (χ2n) is 6.49. The molecule has 1 amide bonds. The molecule has 2 rings (SSSR count). The molecule has 2 aromatic rings. The Labute approximate surface area is 159 Å². The number of nitrogens with zero attached hydrogens (tertiary/aromatic N) is 1. The predicted molar refractivity (Wildman–Crippen MR) is 103 cm³/mol. The van der Waals surface area contributed by atoms with Crippen molar-refractivity contribution < 1.29 is 24.5 Å². The fourth-order valence-corrected chi connectivity index (χ4v) is 3.19. The number of hydrogen-bond donors (Lipinski definition) is 2. The standard InChI is InChI=1S/C21H25NO5/c1-5-27-20(26)7-6-19(25)22(16-10-17(23)12-18(24)11-16)21-14(3)8-13(2)9-15(21)4/h8-12,23-24H,5-7H2,1-4H3. The van der Waals surface area contributed by atoms with E-state index in [2.05, 4.69) is 0 Å². The van der Waals surface area contributed by atoms with E-state index < -0.39 is 5.97 Å². The quantitative estimate of drug-likeness (QED) is 0.749. The van der Waals surface area contributed by atoms with E-state index in [1.54, 1.807) is 6.92 Å². The number of esters is 1. The van der Waals surface area contributed by atoms with Gasteiger partial charge in [0.1, 0.15) is 11.5 Å². The molecule has 0 heterocycles. The zero-order valence-corrected chi connectivity index (χ0v) is 16.1. The van der Waals surface area contributed by atoms with E-state index >= 15 is 0 Å². The van der Waals surface area contributed by atoms with Gasteiger partial charge in [-0.1, -0.05) is 17.7 Å². The molecule has 0 radical (unpaired) electrons. The SMILES string of the molecule is CCOC(=O)CCC(=O)N(c1cc(O)cc(O)c1)c1c(C)cc(C)cc1C. The minimum atomic E-state index is -0.443. The molecular formula is C21H25NO5. The van der Waals surface area contributed by atoms with Crippen LogP contribution in [0.5, 0.6) is 11.5 Å². The molecule has 2 aromatic carbocycles. The van der Waals surface area contributed by atoms with Crippen LogP contribution in [0.4, 0.5) is 11.4 Å². The van der Waals surface area contributed by atoms with Gasteiger partial charge in [0.2, 0.25) is 5.91 Å². The second-order valence-corrected chi connectivity index (χ2v) is 6.49. The lowest BCUT2D eigenvalue weighted by Crippen LogP contribution is -2.28. The van der Waals surface area contributed by atoms with Gasteiger partial charge in [0.15, 0.2) is 0 Å².